The quantitative estimate of drug-likeness (QED) is 0.239. The molecule has 6 rings (SSSR count). The van der Waals surface area contributed by atoms with E-state index < -0.39 is 0 Å². The molecular weight excluding hydrogens is 528 g/mol. The molecule has 160 valence electrons. The number of hydrogen-bond donors (Lipinski definition) is 2. The first-order valence-corrected chi connectivity index (χ1v) is 11.6. The van der Waals surface area contributed by atoms with E-state index in [1.165, 1.54) is 0 Å². The van der Waals surface area contributed by atoms with Gasteiger partial charge in [-0.2, -0.15) is 0 Å². The minimum Gasteiger partial charge on any atom is -0.507 e. The van der Waals surface area contributed by atoms with Crippen LogP contribution in [-0.2, 0) is 26.2 Å². The molecule has 0 aliphatic rings. The zero-order valence-electron chi connectivity index (χ0n) is 17.3. The Bertz CT molecular complexity index is 1350. The molecular formula is C26H18N2O2S2Zr. The number of nitrogens with zero attached hydrogens (tertiary/aromatic N) is 2. The molecule has 33 heavy (non-hydrogen) atoms. The van der Waals surface area contributed by atoms with Gasteiger partial charge in [0.2, 0.25) is 0 Å². The molecule has 0 aliphatic heterocycles. The van der Waals surface area contributed by atoms with Crippen molar-refractivity contribution in [1.82, 2.24) is 9.97 Å². The number of para-hydroxylation sites is 4. The summed E-state index contributed by atoms with van der Waals surface area (Å²) in [6, 6.07) is 30.5. The first-order chi connectivity index (χ1) is 15.7. The standard InChI is InChI=1S/2C13H9NOS.Zr/c2*15-11-7-3-1-5-9(11)13-14-10-6-2-4-8-12(10)16-13;/h2*1-8,15H;. The Kier molecular flexibility index (Phi) is 7.34. The third-order valence-corrected chi connectivity index (χ3v) is 7.00. The normalized spacial score (nSPS) is 10.4. The Morgan fingerprint density at radius 1 is 0.485 bits per heavy atom. The average molecular weight is 546 g/mol. The fourth-order valence-electron chi connectivity index (χ4n) is 3.28. The molecule has 0 atom stereocenters. The van der Waals surface area contributed by atoms with Gasteiger partial charge in [-0.3, -0.25) is 0 Å². The summed E-state index contributed by atoms with van der Waals surface area (Å²) >= 11 is 3.19. The van der Waals surface area contributed by atoms with Gasteiger partial charge in [0.15, 0.2) is 0 Å². The van der Waals surface area contributed by atoms with Crippen LogP contribution in [0.5, 0.6) is 11.5 Å². The number of hydrogen-bond acceptors (Lipinski definition) is 6. The van der Waals surface area contributed by atoms with E-state index in [0.717, 1.165) is 41.6 Å². The molecule has 0 unspecified atom stereocenters. The van der Waals surface area contributed by atoms with E-state index in [-0.39, 0.29) is 37.7 Å². The van der Waals surface area contributed by atoms with Crippen molar-refractivity contribution in [1.29, 1.82) is 0 Å². The molecule has 7 heteroatoms. The summed E-state index contributed by atoms with van der Waals surface area (Å²) in [6.07, 6.45) is 0. The molecule has 0 radical (unpaired) electrons. The average Bonchev–Trinajstić information content (AvgIpc) is 3.44. The number of rotatable bonds is 2. The van der Waals surface area contributed by atoms with Crippen molar-refractivity contribution in [2.75, 3.05) is 0 Å². The number of benzene rings is 4. The molecule has 0 bridgehead atoms. The van der Waals surface area contributed by atoms with E-state index in [4.69, 9.17) is 0 Å². The molecule has 6 aromatic rings. The van der Waals surface area contributed by atoms with E-state index >= 15 is 0 Å². The summed E-state index contributed by atoms with van der Waals surface area (Å²) in [5.74, 6) is 0.558. The second-order valence-electron chi connectivity index (χ2n) is 7.01. The van der Waals surface area contributed by atoms with Crippen LogP contribution in [0, 0.1) is 0 Å². The Hall–Kier alpha value is -2.86. The van der Waals surface area contributed by atoms with Crippen LogP contribution in [-0.4, -0.2) is 20.2 Å². The molecule has 0 saturated carbocycles. The van der Waals surface area contributed by atoms with Gasteiger partial charge in [-0.05, 0) is 48.5 Å². The third kappa shape index (κ3) is 5.06. The maximum atomic E-state index is 9.76. The van der Waals surface area contributed by atoms with E-state index in [1.807, 2.05) is 84.9 Å². The number of phenolic OH excluding ortho intramolecular Hbond substituents is 2. The van der Waals surface area contributed by atoms with Crippen LogP contribution in [0.25, 0.3) is 41.6 Å². The van der Waals surface area contributed by atoms with Gasteiger partial charge in [0.05, 0.1) is 31.6 Å². The maximum absolute atomic E-state index is 9.76. The van der Waals surface area contributed by atoms with E-state index in [2.05, 4.69) is 9.97 Å². The van der Waals surface area contributed by atoms with E-state index in [0.29, 0.717) is 0 Å². The van der Waals surface area contributed by atoms with Gasteiger partial charge in [0.25, 0.3) is 0 Å². The minimum absolute atomic E-state index is 0. The smallest absolute Gasteiger partial charge is 0.128 e. The van der Waals surface area contributed by atoms with Crippen molar-refractivity contribution in [2.45, 2.75) is 0 Å². The van der Waals surface area contributed by atoms with E-state index in [9.17, 15) is 10.2 Å². The molecule has 2 heterocycles. The molecule has 2 aromatic heterocycles. The van der Waals surface area contributed by atoms with Gasteiger partial charge < -0.3 is 10.2 Å². The van der Waals surface area contributed by atoms with Gasteiger partial charge in [-0.25, -0.2) is 9.97 Å². The molecule has 2 N–H and O–H groups in total. The largest absolute Gasteiger partial charge is 0.507 e. The predicted molar refractivity (Wildman–Crippen MR) is 133 cm³/mol. The molecule has 4 aromatic carbocycles. The summed E-state index contributed by atoms with van der Waals surface area (Å²) in [7, 11) is 0. The summed E-state index contributed by atoms with van der Waals surface area (Å²) < 4.78 is 2.28. The zero-order chi connectivity index (χ0) is 21.9. The maximum Gasteiger partial charge on any atom is 0.128 e. The molecule has 0 amide bonds. The SMILES string of the molecule is Oc1ccccc1-c1nc2ccccc2s1.Oc1ccccc1-c1nc2ccccc2s1.[Zr]. The summed E-state index contributed by atoms with van der Waals surface area (Å²) in [5, 5.41) is 21.2. The summed E-state index contributed by atoms with van der Waals surface area (Å²) in [6.45, 7) is 0. The van der Waals surface area contributed by atoms with Gasteiger partial charge in [0, 0.05) is 26.2 Å². The Labute approximate surface area is 218 Å². The Morgan fingerprint density at radius 3 is 1.24 bits per heavy atom. The van der Waals surface area contributed by atoms with Crippen molar-refractivity contribution in [3.63, 3.8) is 0 Å². The molecule has 0 fully saturated rings. The van der Waals surface area contributed by atoms with Crippen molar-refractivity contribution >= 4 is 43.1 Å². The van der Waals surface area contributed by atoms with Crippen molar-refractivity contribution in [3.05, 3.63) is 97.1 Å². The Morgan fingerprint density at radius 2 is 0.848 bits per heavy atom. The Balaban J connectivity index is 0.000000152. The number of aromatic nitrogens is 2. The fraction of sp³-hybridized carbons (Fsp3) is 0. The second kappa shape index (κ2) is 10.4. The van der Waals surface area contributed by atoms with Gasteiger partial charge in [-0.15, -0.1) is 22.7 Å². The first kappa shape index (κ1) is 23.3. The summed E-state index contributed by atoms with van der Waals surface area (Å²) in [4.78, 5) is 9.00. The van der Waals surface area contributed by atoms with E-state index in [1.54, 1.807) is 34.8 Å². The van der Waals surface area contributed by atoms with Crippen LogP contribution in [0.3, 0.4) is 0 Å². The second-order valence-corrected chi connectivity index (χ2v) is 9.07. The predicted octanol–water partition coefficient (Wildman–Crippen LogP) is 7.34. The molecule has 0 spiro atoms. The van der Waals surface area contributed by atoms with Gasteiger partial charge in [-0.1, -0.05) is 48.5 Å². The van der Waals surface area contributed by atoms with Crippen LogP contribution >= 0.6 is 22.7 Å². The minimum atomic E-state index is 0. The summed E-state index contributed by atoms with van der Waals surface area (Å²) in [5.41, 5.74) is 3.55. The number of aromatic hydroxyl groups is 2. The number of thiazole rings is 2. The number of fused-ring (bicyclic) bond motifs is 2. The first-order valence-electron chi connectivity index (χ1n) is 9.97. The van der Waals surface area contributed by atoms with Crippen molar-refractivity contribution < 1.29 is 36.4 Å². The van der Waals surface area contributed by atoms with Crippen LogP contribution in [0.15, 0.2) is 97.1 Å². The topological polar surface area (TPSA) is 66.2 Å². The van der Waals surface area contributed by atoms with Crippen LogP contribution in [0.2, 0.25) is 0 Å². The molecule has 0 aliphatic carbocycles. The third-order valence-electron chi connectivity index (χ3n) is 4.86. The van der Waals surface area contributed by atoms with Crippen molar-refractivity contribution in [3.8, 4) is 32.6 Å². The monoisotopic (exact) mass is 544 g/mol. The fourth-order valence-corrected chi connectivity index (χ4v) is 5.28. The van der Waals surface area contributed by atoms with Crippen LogP contribution < -0.4 is 0 Å². The molecule has 4 nitrogen and oxygen atoms in total. The number of phenols is 2. The zero-order valence-corrected chi connectivity index (χ0v) is 21.4. The van der Waals surface area contributed by atoms with Gasteiger partial charge >= 0.3 is 0 Å². The van der Waals surface area contributed by atoms with Gasteiger partial charge in [0.1, 0.15) is 21.5 Å². The van der Waals surface area contributed by atoms with Crippen LogP contribution in [0.4, 0.5) is 0 Å². The molecule has 0 saturated heterocycles. The van der Waals surface area contributed by atoms with Crippen LogP contribution in [0.1, 0.15) is 0 Å². The van der Waals surface area contributed by atoms with Crippen molar-refractivity contribution in [2.24, 2.45) is 0 Å².